The van der Waals surface area contributed by atoms with Crippen LogP contribution in [0, 0.1) is 0 Å². The first-order valence-electron chi connectivity index (χ1n) is 9.44. The van der Waals surface area contributed by atoms with E-state index in [0.717, 1.165) is 9.47 Å². The Hall–Kier alpha value is -3.49. The summed E-state index contributed by atoms with van der Waals surface area (Å²) >= 11 is 0. The van der Waals surface area contributed by atoms with Gasteiger partial charge in [0.05, 0.1) is 24.7 Å². The maximum Gasteiger partial charge on any atom is 0.325 e. The molecule has 2 aromatic carbocycles. The number of amides is 3. The predicted molar refractivity (Wildman–Crippen MR) is 105 cm³/mol. The van der Waals surface area contributed by atoms with Gasteiger partial charge in [0.2, 0.25) is 0 Å². The number of fused-ring (bicyclic) bond motifs is 1. The maximum absolute atomic E-state index is 13.7. The van der Waals surface area contributed by atoms with Crippen molar-refractivity contribution >= 4 is 23.0 Å². The first-order chi connectivity index (χ1) is 14.4. The Kier molecular flexibility index (Phi) is 4.89. The normalized spacial score (nSPS) is 19.0. The lowest BCUT2D eigenvalue weighted by Crippen LogP contribution is -2.43. The number of benzene rings is 2. The fourth-order valence-corrected chi connectivity index (χ4v) is 3.85. The number of aromatic nitrogens is 2. The van der Waals surface area contributed by atoms with Crippen LogP contribution < -0.4 is 10.1 Å². The quantitative estimate of drug-likeness (QED) is 0.623. The second kappa shape index (κ2) is 7.40. The number of carbonyl (C=O) groups excluding carboxylic acids is 2. The standard InChI is InChI=1S/C21H20F2N4O3/c1-3-21(13-8-10-14(30-2)11-9-13)18(28)26(20(29)25-21)12-17-24-15-6-4-5-7-16(15)27(17)19(22)23/h4-11,19H,3,12H2,1-2H3,(H,25,29). The molecule has 0 radical (unpaired) electrons. The minimum atomic E-state index is -2.86. The van der Waals surface area contributed by atoms with Crippen LogP contribution in [0.5, 0.6) is 5.75 Å². The molecule has 1 aliphatic rings. The summed E-state index contributed by atoms with van der Waals surface area (Å²) in [5.74, 6) is 0.0497. The number of halogens is 2. The third kappa shape index (κ3) is 2.97. The van der Waals surface area contributed by atoms with Crippen molar-refractivity contribution in [3.8, 4) is 5.75 Å². The number of ether oxygens (including phenoxy) is 1. The first-order valence-corrected chi connectivity index (χ1v) is 9.44. The molecule has 0 bridgehead atoms. The average Bonchev–Trinajstić information content (AvgIpc) is 3.24. The lowest BCUT2D eigenvalue weighted by Gasteiger charge is -2.26. The maximum atomic E-state index is 13.7. The molecule has 1 fully saturated rings. The number of hydrogen-bond donors (Lipinski definition) is 1. The number of alkyl halides is 2. The highest BCUT2D eigenvalue weighted by Crippen LogP contribution is 2.34. The largest absolute Gasteiger partial charge is 0.497 e. The summed E-state index contributed by atoms with van der Waals surface area (Å²) in [6, 6.07) is 12.6. The number of carbonyl (C=O) groups is 2. The summed E-state index contributed by atoms with van der Waals surface area (Å²) in [5, 5.41) is 2.75. The number of nitrogens with zero attached hydrogens (tertiary/aromatic N) is 3. The van der Waals surface area contributed by atoms with Gasteiger partial charge in [-0.15, -0.1) is 0 Å². The van der Waals surface area contributed by atoms with Gasteiger partial charge in [0.1, 0.15) is 17.1 Å². The smallest absolute Gasteiger partial charge is 0.325 e. The SMILES string of the molecule is CCC1(c2ccc(OC)cc2)NC(=O)N(Cc2nc3ccccc3n2C(F)F)C1=O. The van der Waals surface area contributed by atoms with Crippen LogP contribution in [-0.2, 0) is 16.9 Å². The molecule has 0 saturated carbocycles. The molecule has 1 aliphatic heterocycles. The minimum absolute atomic E-state index is 0.0590. The monoisotopic (exact) mass is 414 g/mol. The Labute approximate surface area is 171 Å². The summed E-state index contributed by atoms with van der Waals surface area (Å²) in [5.41, 5.74) is -0.0670. The van der Waals surface area contributed by atoms with Crippen LogP contribution in [0.25, 0.3) is 11.0 Å². The Morgan fingerprint density at radius 2 is 1.83 bits per heavy atom. The van der Waals surface area contributed by atoms with Gasteiger partial charge < -0.3 is 10.1 Å². The Bertz CT molecular complexity index is 1110. The molecule has 1 unspecified atom stereocenters. The van der Waals surface area contributed by atoms with Crippen molar-refractivity contribution < 1.29 is 23.1 Å². The fourth-order valence-electron chi connectivity index (χ4n) is 3.85. The number of nitrogens with one attached hydrogen (secondary N) is 1. The van der Waals surface area contributed by atoms with E-state index in [-0.39, 0.29) is 17.9 Å². The molecule has 1 N–H and O–H groups in total. The van der Waals surface area contributed by atoms with E-state index < -0.39 is 24.0 Å². The molecular formula is C21H20F2N4O3. The fraction of sp³-hybridized carbons (Fsp3) is 0.286. The van der Waals surface area contributed by atoms with Crippen LogP contribution in [-0.4, -0.2) is 33.5 Å². The number of urea groups is 1. The van der Waals surface area contributed by atoms with Crippen LogP contribution in [0.4, 0.5) is 13.6 Å². The molecule has 3 amide bonds. The average molecular weight is 414 g/mol. The molecule has 9 heteroatoms. The molecule has 1 atom stereocenters. The van der Waals surface area contributed by atoms with Gasteiger partial charge in [-0.3, -0.25) is 14.3 Å². The van der Waals surface area contributed by atoms with Crippen molar-refractivity contribution in [3.63, 3.8) is 0 Å². The molecule has 30 heavy (non-hydrogen) atoms. The lowest BCUT2D eigenvalue weighted by molar-refractivity contribution is -0.132. The number of rotatable bonds is 6. The van der Waals surface area contributed by atoms with Crippen LogP contribution in [0.2, 0.25) is 0 Å². The van der Waals surface area contributed by atoms with E-state index in [4.69, 9.17) is 4.74 Å². The third-order valence-corrected chi connectivity index (χ3v) is 5.45. The minimum Gasteiger partial charge on any atom is -0.497 e. The van der Waals surface area contributed by atoms with E-state index in [1.165, 1.54) is 13.2 Å². The molecule has 0 aliphatic carbocycles. The van der Waals surface area contributed by atoms with Gasteiger partial charge in [-0.25, -0.2) is 9.78 Å². The molecule has 156 valence electrons. The number of imidazole rings is 1. The van der Waals surface area contributed by atoms with Crippen molar-refractivity contribution in [2.75, 3.05) is 7.11 Å². The van der Waals surface area contributed by atoms with Gasteiger partial charge in [0.25, 0.3) is 5.91 Å². The number of hydrogen-bond acceptors (Lipinski definition) is 4. The van der Waals surface area contributed by atoms with Gasteiger partial charge in [-0.05, 0) is 36.2 Å². The Morgan fingerprint density at radius 3 is 2.47 bits per heavy atom. The molecule has 7 nitrogen and oxygen atoms in total. The Balaban J connectivity index is 1.71. The van der Waals surface area contributed by atoms with Crippen LogP contribution >= 0.6 is 0 Å². The van der Waals surface area contributed by atoms with Gasteiger partial charge in [0, 0.05) is 0 Å². The summed E-state index contributed by atoms with van der Waals surface area (Å²) in [4.78, 5) is 31.2. The zero-order valence-electron chi connectivity index (χ0n) is 16.4. The van der Waals surface area contributed by atoms with Gasteiger partial charge >= 0.3 is 12.6 Å². The zero-order valence-corrected chi connectivity index (χ0v) is 16.4. The van der Waals surface area contributed by atoms with Gasteiger partial charge in [-0.1, -0.05) is 31.2 Å². The molecule has 2 heterocycles. The molecular weight excluding hydrogens is 394 g/mol. The zero-order chi connectivity index (χ0) is 21.5. The van der Waals surface area contributed by atoms with E-state index in [9.17, 15) is 18.4 Å². The van der Waals surface area contributed by atoms with Gasteiger partial charge in [-0.2, -0.15) is 8.78 Å². The molecule has 0 spiro atoms. The van der Waals surface area contributed by atoms with E-state index in [1.54, 1.807) is 49.4 Å². The van der Waals surface area contributed by atoms with E-state index in [0.29, 0.717) is 23.3 Å². The van der Waals surface area contributed by atoms with Crippen molar-refractivity contribution in [2.45, 2.75) is 32.0 Å². The summed E-state index contributed by atoms with van der Waals surface area (Å²) in [6.45, 7) is -1.44. The number of methoxy groups -OCH3 is 1. The topological polar surface area (TPSA) is 76.5 Å². The molecule has 1 saturated heterocycles. The highest BCUT2D eigenvalue weighted by atomic mass is 19.3. The summed E-state index contributed by atoms with van der Waals surface area (Å²) in [6.07, 6.45) is 0.297. The van der Waals surface area contributed by atoms with E-state index in [2.05, 4.69) is 10.3 Å². The third-order valence-electron chi connectivity index (χ3n) is 5.45. The van der Waals surface area contributed by atoms with Crippen LogP contribution in [0.1, 0.15) is 31.3 Å². The molecule has 1 aromatic heterocycles. The number of para-hydroxylation sites is 2. The highest BCUT2D eigenvalue weighted by molar-refractivity contribution is 6.07. The lowest BCUT2D eigenvalue weighted by atomic mass is 9.87. The Morgan fingerprint density at radius 1 is 1.13 bits per heavy atom. The number of imide groups is 1. The van der Waals surface area contributed by atoms with Gasteiger partial charge in [0.15, 0.2) is 0 Å². The van der Waals surface area contributed by atoms with Crippen molar-refractivity contribution in [1.29, 1.82) is 0 Å². The highest BCUT2D eigenvalue weighted by Gasteiger charge is 2.51. The van der Waals surface area contributed by atoms with Crippen LogP contribution in [0.3, 0.4) is 0 Å². The van der Waals surface area contributed by atoms with Crippen molar-refractivity contribution in [1.82, 2.24) is 19.8 Å². The molecule has 3 aromatic rings. The van der Waals surface area contributed by atoms with Crippen molar-refractivity contribution in [2.24, 2.45) is 0 Å². The first kappa shape index (κ1) is 19.8. The predicted octanol–water partition coefficient (Wildman–Crippen LogP) is 3.80. The molecule has 4 rings (SSSR count). The van der Waals surface area contributed by atoms with E-state index >= 15 is 0 Å². The van der Waals surface area contributed by atoms with E-state index in [1.807, 2.05) is 0 Å². The summed E-state index contributed by atoms with van der Waals surface area (Å²) < 4.78 is 33.3. The summed E-state index contributed by atoms with van der Waals surface area (Å²) in [7, 11) is 1.53. The van der Waals surface area contributed by atoms with Crippen molar-refractivity contribution in [3.05, 3.63) is 59.9 Å². The van der Waals surface area contributed by atoms with Crippen LogP contribution in [0.15, 0.2) is 48.5 Å². The second-order valence-corrected chi connectivity index (χ2v) is 6.97. The second-order valence-electron chi connectivity index (χ2n) is 6.97.